The summed E-state index contributed by atoms with van der Waals surface area (Å²) in [5, 5.41) is 3.69. The predicted octanol–water partition coefficient (Wildman–Crippen LogP) is 4.20. The smallest absolute Gasteiger partial charge is 0.0123 e. The van der Waals surface area contributed by atoms with Gasteiger partial charge < -0.3 is 10.2 Å². The van der Waals surface area contributed by atoms with Crippen LogP contribution in [0.3, 0.4) is 0 Å². The molecule has 0 spiro atoms. The van der Waals surface area contributed by atoms with E-state index in [-0.39, 0.29) is 0 Å². The van der Waals surface area contributed by atoms with Crippen LogP contribution >= 0.6 is 0 Å². The normalized spacial score (nSPS) is 29.1. The zero-order chi connectivity index (χ0) is 14.2. The van der Waals surface area contributed by atoms with E-state index in [2.05, 4.69) is 24.1 Å². The van der Waals surface area contributed by atoms with Crippen LogP contribution in [0.15, 0.2) is 0 Å². The largest absolute Gasteiger partial charge is 0.314 e. The summed E-state index contributed by atoms with van der Waals surface area (Å²) in [7, 11) is 0. The second-order valence-electron chi connectivity index (χ2n) is 6.99. The van der Waals surface area contributed by atoms with Crippen LogP contribution in [-0.2, 0) is 0 Å². The third-order valence-corrected chi connectivity index (χ3v) is 5.53. The molecule has 20 heavy (non-hydrogen) atoms. The molecule has 118 valence electrons. The molecule has 0 aromatic rings. The second-order valence-corrected chi connectivity index (χ2v) is 6.99. The first-order valence-electron chi connectivity index (χ1n) is 9.32. The summed E-state index contributed by atoms with van der Waals surface area (Å²) < 4.78 is 0. The van der Waals surface area contributed by atoms with Gasteiger partial charge in [0.1, 0.15) is 0 Å². The summed E-state index contributed by atoms with van der Waals surface area (Å²) in [4.78, 5) is 2.85. The van der Waals surface area contributed by atoms with Crippen molar-refractivity contribution in [1.82, 2.24) is 10.2 Å². The highest BCUT2D eigenvalue weighted by molar-refractivity contribution is 4.87. The van der Waals surface area contributed by atoms with Gasteiger partial charge in [-0.15, -0.1) is 0 Å². The Morgan fingerprint density at radius 3 is 2.70 bits per heavy atom. The van der Waals surface area contributed by atoms with E-state index in [9.17, 15) is 0 Å². The van der Waals surface area contributed by atoms with E-state index in [0.717, 1.165) is 18.0 Å². The lowest BCUT2D eigenvalue weighted by Crippen LogP contribution is -2.47. The third kappa shape index (κ3) is 4.73. The van der Waals surface area contributed by atoms with Gasteiger partial charge in [-0.25, -0.2) is 0 Å². The Hall–Kier alpha value is -0.0800. The van der Waals surface area contributed by atoms with E-state index < -0.39 is 0 Å². The van der Waals surface area contributed by atoms with Crippen LogP contribution in [0, 0.1) is 5.92 Å². The molecular weight excluding hydrogens is 244 g/mol. The molecule has 2 heteroatoms. The number of piperidine rings is 1. The number of nitrogens with zero attached hydrogens (tertiary/aromatic N) is 1. The van der Waals surface area contributed by atoms with E-state index in [1.807, 2.05) is 0 Å². The quantitative estimate of drug-likeness (QED) is 0.717. The first-order chi connectivity index (χ1) is 9.85. The van der Waals surface area contributed by atoms with Gasteiger partial charge in [-0.1, -0.05) is 26.7 Å². The summed E-state index contributed by atoms with van der Waals surface area (Å²) >= 11 is 0. The minimum absolute atomic E-state index is 0.752. The van der Waals surface area contributed by atoms with Crippen LogP contribution in [0.25, 0.3) is 0 Å². The molecule has 1 saturated heterocycles. The van der Waals surface area contributed by atoms with Gasteiger partial charge in [0.15, 0.2) is 0 Å². The van der Waals surface area contributed by atoms with Gasteiger partial charge >= 0.3 is 0 Å². The summed E-state index contributed by atoms with van der Waals surface area (Å²) in [5.41, 5.74) is 0. The lowest BCUT2D eigenvalue weighted by Gasteiger charge is -2.44. The van der Waals surface area contributed by atoms with Crippen LogP contribution in [-0.4, -0.2) is 36.6 Å². The predicted molar refractivity (Wildman–Crippen MR) is 88.2 cm³/mol. The van der Waals surface area contributed by atoms with Crippen molar-refractivity contribution < 1.29 is 0 Å². The van der Waals surface area contributed by atoms with Crippen molar-refractivity contribution in [3.05, 3.63) is 0 Å². The second kappa shape index (κ2) is 9.04. The van der Waals surface area contributed by atoms with Crippen LogP contribution in [0.4, 0.5) is 0 Å². The number of hydrogen-bond donors (Lipinski definition) is 1. The molecule has 1 aliphatic heterocycles. The van der Waals surface area contributed by atoms with E-state index in [4.69, 9.17) is 0 Å². The van der Waals surface area contributed by atoms with Gasteiger partial charge in [0, 0.05) is 12.1 Å². The minimum Gasteiger partial charge on any atom is -0.314 e. The Kier molecular flexibility index (Phi) is 7.37. The fourth-order valence-electron chi connectivity index (χ4n) is 4.35. The molecular formula is C18H36N2. The van der Waals surface area contributed by atoms with E-state index in [0.29, 0.717) is 0 Å². The molecule has 2 nitrogen and oxygen atoms in total. The fourth-order valence-corrected chi connectivity index (χ4v) is 4.35. The highest BCUT2D eigenvalue weighted by Crippen LogP contribution is 2.35. The maximum Gasteiger partial charge on any atom is 0.0123 e. The van der Waals surface area contributed by atoms with Crippen LogP contribution in [0.1, 0.15) is 78.1 Å². The van der Waals surface area contributed by atoms with Crippen molar-refractivity contribution in [2.24, 2.45) is 5.92 Å². The Bertz CT molecular complexity index is 252. The Labute approximate surface area is 126 Å². The van der Waals surface area contributed by atoms with Crippen molar-refractivity contribution in [3.63, 3.8) is 0 Å². The molecule has 2 rings (SSSR count). The highest BCUT2D eigenvalue weighted by atomic mass is 15.2. The van der Waals surface area contributed by atoms with Crippen molar-refractivity contribution in [1.29, 1.82) is 0 Å². The summed E-state index contributed by atoms with van der Waals surface area (Å²) in [6.45, 7) is 8.50. The van der Waals surface area contributed by atoms with Gasteiger partial charge in [-0.3, -0.25) is 0 Å². The molecule has 0 radical (unpaired) electrons. The zero-order valence-corrected chi connectivity index (χ0v) is 13.9. The van der Waals surface area contributed by atoms with Gasteiger partial charge in [0.25, 0.3) is 0 Å². The van der Waals surface area contributed by atoms with Crippen LogP contribution < -0.4 is 5.32 Å². The molecule has 0 aromatic heterocycles. The summed E-state index contributed by atoms with van der Waals surface area (Å²) in [6, 6.07) is 1.70. The number of likely N-dealkylation sites (tertiary alicyclic amines) is 1. The van der Waals surface area contributed by atoms with Crippen LogP contribution in [0.5, 0.6) is 0 Å². The average molecular weight is 280 g/mol. The summed E-state index contributed by atoms with van der Waals surface area (Å²) in [6.07, 6.45) is 14.2. The van der Waals surface area contributed by atoms with Gasteiger partial charge in [0.2, 0.25) is 0 Å². The lowest BCUT2D eigenvalue weighted by molar-refractivity contribution is 0.0590. The van der Waals surface area contributed by atoms with Gasteiger partial charge in [0.05, 0.1) is 0 Å². The number of hydrogen-bond acceptors (Lipinski definition) is 2. The minimum atomic E-state index is 0.752. The van der Waals surface area contributed by atoms with E-state index in [1.165, 1.54) is 83.8 Å². The number of rotatable bonds is 8. The topological polar surface area (TPSA) is 15.3 Å². The fraction of sp³-hybridized carbons (Fsp3) is 1.00. The van der Waals surface area contributed by atoms with E-state index in [1.54, 1.807) is 0 Å². The molecule has 0 bridgehead atoms. The third-order valence-electron chi connectivity index (χ3n) is 5.53. The van der Waals surface area contributed by atoms with Crippen LogP contribution in [0.2, 0.25) is 0 Å². The monoisotopic (exact) mass is 280 g/mol. The molecule has 0 aromatic carbocycles. The standard InChI is InChI=1S/C18H36N2/c1-3-13-19-17(4-2)11-8-15-20-14-7-10-16-9-5-6-12-18(16)20/h16-19H,3-15H2,1-2H3. The average Bonchev–Trinajstić information content (AvgIpc) is 2.51. The summed E-state index contributed by atoms with van der Waals surface area (Å²) in [5.74, 6) is 1.04. The molecule has 0 amide bonds. The molecule has 1 heterocycles. The van der Waals surface area contributed by atoms with Crippen molar-refractivity contribution in [3.8, 4) is 0 Å². The van der Waals surface area contributed by atoms with Crippen molar-refractivity contribution >= 4 is 0 Å². The first-order valence-corrected chi connectivity index (χ1v) is 9.32. The molecule has 1 aliphatic carbocycles. The molecule has 3 atom stereocenters. The Balaban J connectivity index is 1.69. The number of fused-ring (bicyclic) bond motifs is 1. The molecule has 1 N–H and O–H groups in total. The molecule has 1 saturated carbocycles. The Morgan fingerprint density at radius 2 is 1.90 bits per heavy atom. The first kappa shape index (κ1) is 16.3. The zero-order valence-electron chi connectivity index (χ0n) is 13.9. The van der Waals surface area contributed by atoms with Gasteiger partial charge in [-0.2, -0.15) is 0 Å². The SMILES string of the molecule is CCCNC(CC)CCCN1CCCC2CCCCC21. The highest BCUT2D eigenvalue weighted by Gasteiger charge is 2.32. The molecule has 2 fully saturated rings. The van der Waals surface area contributed by atoms with E-state index >= 15 is 0 Å². The molecule has 3 unspecified atom stereocenters. The molecule has 2 aliphatic rings. The number of nitrogens with one attached hydrogen (secondary N) is 1. The lowest BCUT2D eigenvalue weighted by atomic mass is 9.78. The van der Waals surface area contributed by atoms with Crippen molar-refractivity contribution in [2.45, 2.75) is 90.1 Å². The van der Waals surface area contributed by atoms with Crippen molar-refractivity contribution in [2.75, 3.05) is 19.6 Å². The van der Waals surface area contributed by atoms with Gasteiger partial charge in [-0.05, 0) is 76.9 Å². The Morgan fingerprint density at radius 1 is 1.10 bits per heavy atom. The maximum atomic E-state index is 3.69. The maximum absolute atomic E-state index is 3.69.